The predicted molar refractivity (Wildman–Crippen MR) is 70.1 cm³/mol. The van der Waals surface area contributed by atoms with E-state index in [-0.39, 0.29) is 0 Å². The Morgan fingerprint density at radius 3 is 2.72 bits per heavy atom. The highest BCUT2D eigenvalue weighted by Gasteiger charge is 2.20. The first-order chi connectivity index (χ1) is 8.71. The van der Waals surface area contributed by atoms with Crippen molar-refractivity contribution in [2.45, 2.75) is 19.4 Å². The van der Waals surface area contributed by atoms with Gasteiger partial charge in [-0.2, -0.15) is 15.0 Å². The lowest BCUT2D eigenvalue weighted by molar-refractivity contribution is 0.379. The van der Waals surface area contributed by atoms with E-state index in [2.05, 4.69) is 37.5 Å². The molecule has 7 heteroatoms. The van der Waals surface area contributed by atoms with Crippen LogP contribution in [0.1, 0.15) is 13.3 Å². The van der Waals surface area contributed by atoms with Crippen LogP contribution in [0.4, 0.5) is 11.9 Å². The number of hydrogen-bond donors (Lipinski definition) is 2. The van der Waals surface area contributed by atoms with Crippen molar-refractivity contribution in [3.05, 3.63) is 0 Å². The van der Waals surface area contributed by atoms with Gasteiger partial charge in [0, 0.05) is 19.1 Å². The van der Waals surface area contributed by atoms with Gasteiger partial charge in [-0.1, -0.05) is 0 Å². The van der Waals surface area contributed by atoms with Crippen LogP contribution >= 0.6 is 0 Å². The smallest absolute Gasteiger partial charge is 0.322 e. The maximum atomic E-state index is 5.07. The summed E-state index contributed by atoms with van der Waals surface area (Å²) in [5, 5.41) is 6.38. The summed E-state index contributed by atoms with van der Waals surface area (Å²) in [6.45, 7) is 4.86. The van der Waals surface area contributed by atoms with Gasteiger partial charge in [0.25, 0.3) is 0 Å². The van der Waals surface area contributed by atoms with Crippen LogP contribution in [0.2, 0.25) is 0 Å². The van der Waals surface area contributed by atoms with E-state index in [9.17, 15) is 0 Å². The molecule has 0 aromatic carbocycles. The van der Waals surface area contributed by atoms with E-state index < -0.39 is 0 Å². The van der Waals surface area contributed by atoms with Gasteiger partial charge in [0.1, 0.15) is 0 Å². The molecule has 1 saturated heterocycles. The third-order valence-corrected chi connectivity index (χ3v) is 2.86. The quantitative estimate of drug-likeness (QED) is 0.787. The average molecular weight is 252 g/mol. The largest absolute Gasteiger partial charge is 0.467 e. The minimum absolute atomic E-state index is 0.329. The third-order valence-electron chi connectivity index (χ3n) is 2.86. The molecule has 2 N–H and O–H groups in total. The number of nitrogens with one attached hydrogen (secondary N) is 2. The van der Waals surface area contributed by atoms with E-state index in [0.29, 0.717) is 23.9 Å². The lowest BCUT2D eigenvalue weighted by Gasteiger charge is -2.13. The minimum Gasteiger partial charge on any atom is -0.467 e. The normalized spacial score (nSPS) is 19.8. The highest BCUT2D eigenvalue weighted by Crippen LogP contribution is 2.15. The van der Waals surface area contributed by atoms with Gasteiger partial charge in [-0.25, -0.2) is 0 Å². The fourth-order valence-electron chi connectivity index (χ4n) is 1.98. The SMILES string of the molecule is CCNc1nc(NC2CCN(C)C2)nc(OC)n1. The summed E-state index contributed by atoms with van der Waals surface area (Å²) in [5.41, 5.74) is 0. The van der Waals surface area contributed by atoms with E-state index in [1.54, 1.807) is 7.11 Å². The first-order valence-electron chi connectivity index (χ1n) is 6.20. The molecule has 100 valence electrons. The van der Waals surface area contributed by atoms with E-state index in [4.69, 9.17) is 4.74 Å². The zero-order chi connectivity index (χ0) is 13.0. The van der Waals surface area contributed by atoms with Gasteiger partial charge in [-0.05, 0) is 26.9 Å². The molecule has 1 aliphatic heterocycles. The Bertz CT molecular complexity index is 399. The van der Waals surface area contributed by atoms with Crippen LogP contribution in [0.25, 0.3) is 0 Å². The van der Waals surface area contributed by atoms with Crippen LogP contribution in [0.5, 0.6) is 6.01 Å². The molecule has 0 amide bonds. The highest BCUT2D eigenvalue weighted by molar-refractivity contribution is 5.36. The van der Waals surface area contributed by atoms with Crippen LogP contribution < -0.4 is 15.4 Å². The Morgan fingerprint density at radius 1 is 1.33 bits per heavy atom. The van der Waals surface area contributed by atoms with Gasteiger partial charge in [0.05, 0.1) is 7.11 Å². The summed E-state index contributed by atoms with van der Waals surface area (Å²) >= 11 is 0. The van der Waals surface area contributed by atoms with E-state index in [0.717, 1.165) is 26.1 Å². The Morgan fingerprint density at radius 2 is 2.11 bits per heavy atom. The predicted octanol–water partition coefficient (Wildman–Crippen LogP) is 0.428. The van der Waals surface area contributed by atoms with Crippen LogP contribution in [-0.2, 0) is 0 Å². The molecule has 0 bridgehead atoms. The summed E-state index contributed by atoms with van der Waals surface area (Å²) in [6, 6.07) is 0.714. The standard InChI is InChI=1S/C11H20N6O/c1-4-12-9-14-10(16-11(15-9)18-3)13-8-5-6-17(2)7-8/h8H,4-7H2,1-3H3,(H2,12,13,14,15,16). The van der Waals surface area contributed by atoms with Crippen LogP contribution in [0.3, 0.4) is 0 Å². The Labute approximate surface area is 107 Å². The topological polar surface area (TPSA) is 75.2 Å². The molecule has 0 aliphatic carbocycles. The number of methoxy groups -OCH3 is 1. The molecule has 1 unspecified atom stereocenters. The van der Waals surface area contributed by atoms with Gasteiger partial charge in [0.15, 0.2) is 0 Å². The first-order valence-corrected chi connectivity index (χ1v) is 6.20. The van der Waals surface area contributed by atoms with Crippen molar-refractivity contribution in [1.82, 2.24) is 19.9 Å². The summed E-state index contributed by atoms with van der Waals surface area (Å²) in [6.07, 6.45) is 1.10. The molecule has 1 fully saturated rings. The van der Waals surface area contributed by atoms with Crippen molar-refractivity contribution in [3.63, 3.8) is 0 Å². The maximum absolute atomic E-state index is 5.07. The van der Waals surface area contributed by atoms with Gasteiger partial charge < -0.3 is 20.3 Å². The van der Waals surface area contributed by atoms with Crippen molar-refractivity contribution >= 4 is 11.9 Å². The zero-order valence-corrected chi connectivity index (χ0v) is 11.1. The molecular formula is C11H20N6O. The second-order valence-electron chi connectivity index (χ2n) is 4.39. The number of anilines is 2. The minimum atomic E-state index is 0.329. The van der Waals surface area contributed by atoms with Gasteiger partial charge in [0.2, 0.25) is 11.9 Å². The summed E-state index contributed by atoms with van der Waals surface area (Å²) in [5.74, 6) is 1.11. The number of aromatic nitrogens is 3. The molecule has 18 heavy (non-hydrogen) atoms. The number of likely N-dealkylation sites (N-methyl/N-ethyl adjacent to an activating group) is 1. The summed E-state index contributed by atoms with van der Waals surface area (Å²) in [7, 11) is 3.66. The fourth-order valence-corrected chi connectivity index (χ4v) is 1.98. The lowest BCUT2D eigenvalue weighted by Crippen LogP contribution is -2.25. The summed E-state index contributed by atoms with van der Waals surface area (Å²) in [4.78, 5) is 14.9. The molecule has 0 spiro atoms. The van der Waals surface area contributed by atoms with E-state index in [1.807, 2.05) is 6.92 Å². The molecule has 1 aromatic heterocycles. The average Bonchev–Trinajstić information content (AvgIpc) is 2.75. The molecule has 1 aromatic rings. The maximum Gasteiger partial charge on any atom is 0.322 e. The van der Waals surface area contributed by atoms with Gasteiger partial charge in [-0.15, -0.1) is 0 Å². The molecular weight excluding hydrogens is 232 g/mol. The molecule has 1 aliphatic rings. The first kappa shape index (κ1) is 12.8. The second-order valence-corrected chi connectivity index (χ2v) is 4.39. The monoisotopic (exact) mass is 252 g/mol. The Hall–Kier alpha value is -1.63. The lowest BCUT2D eigenvalue weighted by atomic mass is 10.3. The highest BCUT2D eigenvalue weighted by atomic mass is 16.5. The zero-order valence-electron chi connectivity index (χ0n) is 11.1. The number of ether oxygens (including phenoxy) is 1. The number of nitrogens with zero attached hydrogens (tertiary/aromatic N) is 4. The van der Waals surface area contributed by atoms with Crippen molar-refractivity contribution in [1.29, 1.82) is 0 Å². The van der Waals surface area contributed by atoms with Crippen molar-refractivity contribution in [2.24, 2.45) is 0 Å². The van der Waals surface area contributed by atoms with Gasteiger partial charge in [-0.3, -0.25) is 0 Å². The summed E-state index contributed by atoms with van der Waals surface area (Å²) < 4.78 is 5.07. The molecule has 2 heterocycles. The van der Waals surface area contributed by atoms with Crippen molar-refractivity contribution < 1.29 is 4.74 Å². The van der Waals surface area contributed by atoms with Crippen LogP contribution in [0, 0.1) is 0 Å². The Kier molecular flexibility index (Phi) is 4.14. The van der Waals surface area contributed by atoms with Crippen LogP contribution in [-0.4, -0.2) is 59.7 Å². The van der Waals surface area contributed by atoms with E-state index in [1.165, 1.54) is 0 Å². The van der Waals surface area contributed by atoms with E-state index >= 15 is 0 Å². The van der Waals surface area contributed by atoms with Gasteiger partial charge >= 0.3 is 6.01 Å². The molecule has 0 radical (unpaired) electrons. The fraction of sp³-hybridized carbons (Fsp3) is 0.727. The van der Waals surface area contributed by atoms with Crippen LogP contribution in [0.15, 0.2) is 0 Å². The Balaban J connectivity index is 2.08. The number of likely N-dealkylation sites (tertiary alicyclic amines) is 1. The molecule has 7 nitrogen and oxygen atoms in total. The van der Waals surface area contributed by atoms with Crippen molar-refractivity contribution in [3.8, 4) is 6.01 Å². The second kappa shape index (κ2) is 5.81. The molecule has 0 saturated carbocycles. The van der Waals surface area contributed by atoms with Crippen molar-refractivity contribution in [2.75, 3.05) is 44.4 Å². The third kappa shape index (κ3) is 3.19. The molecule has 1 atom stereocenters. The number of hydrogen-bond acceptors (Lipinski definition) is 7. The molecule has 2 rings (SSSR count). The number of rotatable bonds is 5.